The van der Waals surface area contributed by atoms with Crippen LogP contribution < -0.4 is 4.74 Å². The first-order valence-electron chi connectivity index (χ1n) is 14.5. The van der Waals surface area contributed by atoms with Crippen molar-refractivity contribution in [2.24, 2.45) is 0 Å². The number of rotatable bonds is 9. The molecule has 4 aromatic rings. The number of fused-ring (bicyclic) bond motifs is 1. The summed E-state index contributed by atoms with van der Waals surface area (Å²) in [4.78, 5) is 19.5. The molecule has 0 radical (unpaired) electrons. The summed E-state index contributed by atoms with van der Waals surface area (Å²) in [7, 11) is 1.39. The Balaban J connectivity index is 0.00000173. The summed E-state index contributed by atoms with van der Waals surface area (Å²) in [6.07, 6.45) is 2.22. The molecule has 3 aromatic carbocycles. The van der Waals surface area contributed by atoms with Crippen molar-refractivity contribution in [3.05, 3.63) is 94.0 Å². The number of esters is 1. The number of ether oxygens (including phenoxy) is 3. The first-order valence-corrected chi connectivity index (χ1v) is 14.9. The lowest BCUT2D eigenvalue weighted by Gasteiger charge is -2.28. The molecule has 7 nitrogen and oxygen atoms in total. The smallest absolute Gasteiger partial charge is 0.337 e. The minimum absolute atomic E-state index is 0.163. The first-order chi connectivity index (χ1) is 20.5. The van der Waals surface area contributed by atoms with Crippen molar-refractivity contribution in [2.45, 2.75) is 58.4 Å². The molecule has 222 valence electrons. The standard InChI is InChI=1S/C31H31ClFN3O4.C2H6/c1-38-31(37)22-5-7-27-28(14-22)36(17-25-10-12-39-25)30(34-27)18-35-11-9-23(16-35)21-4-2-3-20(13-21)19-40-29-8-6-24(32)15-26(29)33;1-2/h2-8,13-15,23,25H,9-12,16-19H2,1H3;1-2H3. The highest BCUT2D eigenvalue weighted by atomic mass is 35.5. The van der Waals surface area contributed by atoms with Gasteiger partial charge in [0.1, 0.15) is 12.4 Å². The minimum atomic E-state index is -0.466. The molecule has 0 bridgehead atoms. The fourth-order valence-electron chi connectivity index (χ4n) is 5.51. The summed E-state index contributed by atoms with van der Waals surface area (Å²) in [5, 5.41) is 0.343. The van der Waals surface area contributed by atoms with Gasteiger partial charge in [-0.25, -0.2) is 14.2 Å². The minimum Gasteiger partial charge on any atom is -0.486 e. The van der Waals surface area contributed by atoms with Gasteiger partial charge >= 0.3 is 5.97 Å². The molecule has 1 aromatic heterocycles. The van der Waals surface area contributed by atoms with Crippen LogP contribution in [-0.2, 0) is 29.2 Å². The van der Waals surface area contributed by atoms with Crippen LogP contribution >= 0.6 is 11.6 Å². The Morgan fingerprint density at radius 2 is 1.95 bits per heavy atom. The van der Waals surface area contributed by atoms with Gasteiger partial charge in [0.15, 0.2) is 11.6 Å². The maximum atomic E-state index is 14.1. The Hall–Kier alpha value is -3.46. The summed E-state index contributed by atoms with van der Waals surface area (Å²) in [5.41, 5.74) is 4.55. The largest absolute Gasteiger partial charge is 0.486 e. The van der Waals surface area contributed by atoms with Gasteiger partial charge in [0.25, 0.3) is 0 Å². The average Bonchev–Trinajstić information content (AvgIpc) is 3.59. The zero-order valence-corrected chi connectivity index (χ0v) is 25.1. The molecule has 2 atom stereocenters. The van der Waals surface area contributed by atoms with Crippen LogP contribution in [0.1, 0.15) is 59.9 Å². The molecular formula is C33H37ClFN3O4. The maximum absolute atomic E-state index is 14.1. The van der Waals surface area contributed by atoms with E-state index in [1.54, 1.807) is 18.2 Å². The van der Waals surface area contributed by atoms with E-state index in [0.29, 0.717) is 29.6 Å². The number of imidazole rings is 1. The number of hydrogen-bond acceptors (Lipinski definition) is 6. The van der Waals surface area contributed by atoms with Crippen LogP contribution in [-0.4, -0.2) is 53.3 Å². The van der Waals surface area contributed by atoms with Gasteiger partial charge in [-0.05, 0) is 72.8 Å². The fourth-order valence-corrected chi connectivity index (χ4v) is 5.67. The van der Waals surface area contributed by atoms with Crippen molar-refractivity contribution in [2.75, 3.05) is 26.8 Å². The third-order valence-electron chi connectivity index (χ3n) is 7.78. The molecule has 3 heterocycles. The molecule has 2 saturated heterocycles. The van der Waals surface area contributed by atoms with Crippen LogP contribution in [0.25, 0.3) is 11.0 Å². The number of halogens is 2. The molecule has 6 rings (SSSR count). The average molecular weight is 594 g/mol. The van der Waals surface area contributed by atoms with E-state index in [2.05, 4.69) is 21.6 Å². The van der Waals surface area contributed by atoms with E-state index >= 15 is 0 Å². The fraction of sp³-hybridized carbons (Fsp3) is 0.394. The van der Waals surface area contributed by atoms with E-state index in [0.717, 1.165) is 55.0 Å². The highest BCUT2D eigenvalue weighted by Crippen LogP contribution is 2.31. The lowest BCUT2D eigenvalue weighted by Crippen LogP contribution is -2.32. The third-order valence-corrected chi connectivity index (χ3v) is 8.01. The Labute approximate surface area is 251 Å². The Bertz CT molecular complexity index is 1540. The number of aromatic nitrogens is 2. The molecule has 0 amide bonds. The van der Waals surface area contributed by atoms with E-state index in [9.17, 15) is 9.18 Å². The number of carbonyl (C=O) groups excluding carboxylic acids is 1. The van der Waals surface area contributed by atoms with Gasteiger partial charge in [-0.2, -0.15) is 0 Å². The molecule has 2 unspecified atom stereocenters. The zero-order valence-electron chi connectivity index (χ0n) is 24.3. The number of methoxy groups -OCH3 is 1. The topological polar surface area (TPSA) is 65.8 Å². The van der Waals surface area contributed by atoms with E-state index in [4.69, 9.17) is 30.8 Å². The normalized spacial score (nSPS) is 18.3. The quantitative estimate of drug-likeness (QED) is 0.195. The second kappa shape index (κ2) is 13.7. The van der Waals surface area contributed by atoms with Crippen molar-refractivity contribution in [1.29, 1.82) is 0 Å². The SMILES string of the molecule is CC.COC(=O)c1ccc2nc(CN3CCC(c4cccc(COc5ccc(Cl)cc5F)c4)C3)n(CC3CCO3)c2c1. The van der Waals surface area contributed by atoms with Gasteiger partial charge in [-0.1, -0.05) is 49.7 Å². The number of likely N-dealkylation sites (tertiary alicyclic amines) is 1. The molecular weight excluding hydrogens is 557 g/mol. The highest BCUT2D eigenvalue weighted by Gasteiger charge is 2.27. The lowest BCUT2D eigenvalue weighted by molar-refractivity contribution is -0.0591. The predicted molar refractivity (Wildman–Crippen MR) is 162 cm³/mol. The second-order valence-corrected chi connectivity index (χ2v) is 10.9. The monoisotopic (exact) mass is 593 g/mol. The first kappa shape index (κ1) is 30.0. The summed E-state index contributed by atoms with van der Waals surface area (Å²) in [5.74, 6) is 0.720. The summed E-state index contributed by atoms with van der Waals surface area (Å²) in [6.45, 7) is 8.36. The molecule has 0 spiro atoms. The van der Waals surface area contributed by atoms with Crippen molar-refractivity contribution in [3.63, 3.8) is 0 Å². The van der Waals surface area contributed by atoms with Gasteiger partial charge in [0, 0.05) is 18.2 Å². The second-order valence-electron chi connectivity index (χ2n) is 10.4. The summed E-state index contributed by atoms with van der Waals surface area (Å²) < 4.78 is 32.7. The molecule has 2 aliphatic rings. The molecule has 0 saturated carbocycles. The van der Waals surface area contributed by atoms with E-state index in [1.807, 2.05) is 38.1 Å². The van der Waals surface area contributed by atoms with Gasteiger partial charge in [-0.15, -0.1) is 0 Å². The van der Waals surface area contributed by atoms with Crippen LogP contribution in [0.5, 0.6) is 5.75 Å². The lowest BCUT2D eigenvalue weighted by atomic mass is 9.97. The number of nitrogens with zero attached hydrogens (tertiary/aromatic N) is 3. The molecule has 0 N–H and O–H groups in total. The molecule has 9 heteroatoms. The Morgan fingerprint density at radius 1 is 1.12 bits per heavy atom. The van der Waals surface area contributed by atoms with Crippen molar-refractivity contribution < 1.29 is 23.4 Å². The molecule has 42 heavy (non-hydrogen) atoms. The van der Waals surface area contributed by atoms with Gasteiger partial charge in [0.05, 0.1) is 42.9 Å². The Morgan fingerprint density at radius 3 is 2.69 bits per heavy atom. The third kappa shape index (κ3) is 6.77. The number of carbonyl (C=O) groups is 1. The van der Waals surface area contributed by atoms with Crippen LogP contribution in [0.2, 0.25) is 5.02 Å². The van der Waals surface area contributed by atoms with Crippen LogP contribution in [0.15, 0.2) is 60.7 Å². The van der Waals surface area contributed by atoms with Crippen LogP contribution in [0, 0.1) is 5.82 Å². The van der Waals surface area contributed by atoms with Gasteiger partial charge in [-0.3, -0.25) is 4.90 Å². The highest BCUT2D eigenvalue weighted by molar-refractivity contribution is 6.30. The summed E-state index contributed by atoms with van der Waals surface area (Å²) >= 11 is 5.85. The van der Waals surface area contributed by atoms with Gasteiger partial charge < -0.3 is 18.8 Å². The van der Waals surface area contributed by atoms with Crippen molar-refractivity contribution in [3.8, 4) is 5.75 Å². The van der Waals surface area contributed by atoms with E-state index < -0.39 is 5.82 Å². The Kier molecular flexibility index (Phi) is 9.77. The molecule has 2 fully saturated rings. The summed E-state index contributed by atoms with van der Waals surface area (Å²) in [6, 6.07) is 18.3. The predicted octanol–water partition coefficient (Wildman–Crippen LogP) is 7.00. The number of hydrogen-bond donors (Lipinski definition) is 0. The van der Waals surface area contributed by atoms with Crippen LogP contribution in [0.4, 0.5) is 4.39 Å². The molecule has 2 aliphatic heterocycles. The molecule has 0 aliphatic carbocycles. The van der Waals surface area contributed by atoms with E-state index in [-0.39, 0.29) is 24.4 Å². The van der Waals surface area contributed by atoms with E-state index in [1.165, 1.54) is 18.7 Å². The maximum Gasteiger partial charge on any atom is 0.337 e. The van der Waals surface area contributed by atoms with Crippen molar-refractivity contribution in [1.82, 2.24) is 14.5 Å². The zero-order chi connectivity index (χ0) is 29.6. The van der Waals surface area contributed by atoms with Crippen molar-refractivity contribution >= 4 is 28.6 Å². The number of benzene rings is 3. The van der Waals surface area contributed by atoms with Gasteiger partial charge in [0.2, 0.25) is 0 Å². The van der Waals surface area contributed by atoms with Crippen LogP contribution in [0.3, 0.4) is 0 Å².